The van der Waals surface area contributed by atoms with E-state index >= 15 is 0 Å². The van der Waals surface area contributed by atoms with Crippen LogP contribution >= 0.6 is 11.8 Å². The molecule has 0 aromatic heterocycles. The minimum absolute atomic E-state index is 0.0885. The molecule has 0 amide bonds. The number of carbonyl (C=O) groups excluding carboxylic acids is 1. The highest BCUT2D eigenvalue weighted by Crippen LogP contribution is 2.23. The third-order valence-electron chi connectivity index (χ3n) is 2.68. The molecule has 2 aromatic rings. The van der Waals surface area contributed by atoms with Gasteiger partial charge >= 0.3 is 0 Å². The molecule has 0 aliphatic heterocycles. The number of benzene rings is 2. The molecular weight excluding hydrogens is 266 g/mol. The highest BCUT2D eigenvalue weighted by atomic mass is 32.2. The van der Waals surface area contributed by atoms with E-state index in [-0.39, 0.29) is 11.3 Å². The third-order valence-corrected chi connectivity index (χ3v) is 3.86. The second kappa shape index (κ2) is 5.97. The molecule has 0 bridgehead atoms. The number of carbonyl (C=O) groups is 1. The number of thioether (sulfide) groups is 1. The van der Waals surface area contributed by atoms with Gasteiger partial charge in [-0.2, -0.15) is 0 Å². The van der Waals surface area contributed by atoms with Crippen molar-refractivity contribution in [3.05, 3.63) is 65.2 Å². The largest absolute Gasteiger partial charge is 0.293 e. The van der Waals surface area contributed by atoms with Crippen LogP contribution in [0.15, 0.2) is 47.4 Å². The molecule has 1 nitrogen and oxygen atoms in total. The van der Waals surface area contributed by atoms with Crippen LogP contribution in [-0.4, -0.2) is 11.5 Å². The number of hydrogen-bond donors (Lipinski definition) is 0. The molecule has 19 heavy (non-hydrogen) atoms. The van der Waals surface area contributed by atoms with Crippen molar-refractivity contribution >= 4 is 17.5 Å². The maximum Gasteiger partial charge on any atom is 0.176 e. The summed E-state index contributed by atoms with van der Waals surface area (Å²) in [6.45, 7) is 1.94. The zero-order valence-electron chi connectivity index (χ0n) is 10.3. The summed E-state index contributed by atoms with van der Waals surface area (Å²) in [5, 5.41) is 0. The lowest BCUT2D eigenvalue weighted by molar-refractivity contribution is 0.101. The van der Waals surface area contributed by atoms with Crippen LogP contribution in [0.5, 0.6) is 0 Å². The molecule has 0 aliphatic rings. The van der Waals surface area contributed by atoms with E-state index in [1.54, 1.807) is 0 Å². The van der Waals surface area contributed by atoms with Gasteiger partial charge in [-0.15, -0.1) is 11.8 Å². The summed E-state index contributed by atoms with van der Waals surface area (Å²) in [6, 6.07) is 10.5. The van der Waals surface area contributed by atoms with E-state index < -0.39 is 17.4 Å². The SMILES string of the molecule is Cc1ccccc1SCC(=O)c1cc(F)ccc1F. The Morgan fingerprint density at radius 3 is 2.63 bits per heavy atom. The van der Waals surface area contributed by atoms with Crippen molar-refractivity contribution in [3.63, 3.8) is 0 Å². The minimum Gasteiger partial charge on any atom is -0.293 e. The molecule has 2 rings (SSSR count). The van der Waals surface area contributed by atoms with E-state index in [1.807, 2.05) is 31.2 Å². The molecule has 2 aromatic carbocycles. The average molecular weight is 278 g/mol. The van der Waals surface area contributed by atoms with E-state index in [1.165, 1.54) is 11.8 Å². The van der Waals surface area contributed by atoms with E-state index in [4.69, 9.17) is 0 Å². The highest BCUT2D eigenvalue weighted by molar-refractivity contribution is 8.00. The molecule has 0 heterocycles. The maximum atomic E-state index is 13.4. The molecule has 0 unspecified atom stereocenters. The molecule has 0 spiro atoms. The van der Waals surface area contributed by atoms with Crippen LogP contribution in [0.4, 0.5) is 8.78 Å². The Bertz CT molecular complexity index is 611. The highest BCUT2D eigenvalue weighted by Gasteiger charge is 2.13. The smallest absolute Gasteiger partial charge is 0.176 e. The summed E-state index contributed by atoms with van der Waals surface area (Å²) in [6.07, 6.45) is 0. The van der Waals surface area contributed by atoms with E-state index in [0.29, 0.717) is 0 Å². The van der Waals surface area contributed by atoms with Crippen molar-refractivity contribution in [2.24, 2.45) is 0 Å². The Morgan fingerprint density at radius 1 is 1.16 bits per heavy atom. The Kier molecular flexibility index (Phi) is 4.32. The van der Waals surface area contributed by atoms with Crippen molar-refractivity contribution < 1.29 is 13.6 Å². The minimum atomic E-state index is -0.684. The molecule has 4 heteroatoms. The number of Topliss-reactive ketones (excluding diaryl/α,β-unsaturated/α-hetero) is 1. The van der Waals surface area contributed by atoms with Gasteiger partial charge in [-0.25, -0.2) is 8.78 Å². The number of aryl methyl sites for hydroxylation is 1. The van der Waals surface area contributed by atoms with Crippen molar-refractivity contribution in [2.75, 3.05) is 5.75 Å². The molecule has 98 valence electrons. The Labute approximate surface area is 114 Å². The van der Waals surface area contributed by atoms with Gasteiger partial charge in [0.2, 0.25) is 0 Å². The van der Waals surface area contributed by atoms with Gasteiger partial charge in [0.05, 0.1) is 11.3 Å². The second-order valence-electron chi connectivity index (χ2n) is 4.10. The molecule has 0 N–H and O–H groups in total. The fourth-order valence-electron chi connectivity index (χ4n) is 1.65. The number of hydrogen-bond acceptors (Lipinski definition) is 2. The van der Waals surface area contributed by atoms with Gasteiger partial charge in [0.15, 0.2) is 5.78 Å². The summed E-state index contributed by atoms with van der Waals surface area (Å²) in [4.78, 5) is 12.8. The molecular formula is C15H12F2OS. The average Bonchev–Trinajstić information content (AvgIpc) is 2.40. The van der Waals surface area contributed by atoms with Crippen LogP contribution in [0.2, 0.25) is 0 Å². The summed E-state index contributed by atoms with van der Waals surface area (Å²) in [7, 11) is 0. The Hall–Kier alpha value is -1.68. The lowest BCUT2D eigenvalue weighted by Gasteiger charge is -2.05. The van der Waals surface area contributed by atoms with Crippen molar-refractivity contribution in [2.45, 2.75) is 11.8 Å². The van der Waals surface area contributed by atoms with Gasteiger partial charge in [-0.3, -0.25) is 4.79 Å². The third kappa shape index (κ3) is 3.41. The lowest BCUT2D eigenvalue weighted by atomic mass is 10.1. The molecule has 0 saturated carbocycles. The standard InChI is InChI=1S/C15H12F2OS/c1-10-4-2-3-5-15(10)19-9-14(18)12-8-11(16)6-7-13(12)17/h2-8H,9H2,1H3. The first kappa shape index (κ1) is 13.7. The van der Waals surface area contributed by atoms with Gasteiger partial charge in [0, 0.05) is 4.90 Å². The second-order valence-corrected chi connectivity index (χ2v) is 5.12. The first-order chi connectivity index (χ1) is 9.08. The van der Waals surface area contributed by atoms with Gasteiger partial charge in [-0.1, -0.05) is 18.2 Å². The topological polar surface area (TPSA) is 17.1 Å². The number of ketones is 1. The van der Waals surface area contributed by atoms with Crippen LogP contribution in [0, 0.1) is 18.6 Å². The first-order valence-corrected chi connectivity index (χ1v) is 6.73. The summed E-state index contributed by atoms with van der Waals surface area (Å²) < 4.78 is 26.4. The van der Waals surface area contributed by atoms with Crippen molar-refractivity contribution in [1.29, 1.82) is 0 Å². The fourth-order valence-corrected chi connectivity index (χ4v) is 2.56. The predicted molar refractivity (Wildman–Crippen MR) is 72.6 cm³/mol. The van der Waals surface area contributed by atoms with Crippen LogP contribution in [0.3, 0.4) is 0 Å². The van der Waals surface area contributed by atoms with Gasteiger partial charge < -0.3 is 0 Å². The van der Waals surface area contributed by atoms with E-state index in [9.17, 15) is 13.6 Å². The number of halogens is 2. The molecule has 0 aliphatic carbocycles. The summed E-state index contributed by atoms with van der Waals surface area (Å²) in [5.74, 6) is -1.61. The molecule has 0 atom stereocenters. The zero-order valence-corrected chi connectivity index (χ0v) is 11.1. The van der Waals surface area contributed by atoms with Crippen molar-refractivity contribution in [3.8, 4) is 0 Å². The van der Waals surface area contributed by atoms with Crippen molar-refractivity contribution in [1.82, 2.24) is 0 Å². The first-order valence-electron chi connectivity index (χ1n) is 5.74. The van der Waals surface area contributed by atoms with Gasteiger partial charge in [-0.05, 0) is 36.8 Å². The molecule has 0 radical (unpaired) electrons. The molecule has 0 fully saturated rings. The fraction of sp³-hybridized carbons (Fsp3) is 0.133. The van der Waals surface area contributed by atoms with Crippen LogP contribution in [0.1, 0.15) is 15.9 Å². The number of rotatable bonds is 4. The quantitative estimate of drug-likeness (QED) is 0.614. The molecule has 0 saturated heterocycles. The summed E-state index contributed by atoms with van der Waals surface area (Å²) in [5.41, 5.74) is 0.862. The van der Waals surface area contributed by atoms with Crippen LogP contribution in [0.25, 0.3) is 0 Å². The predicted octanol–water partition coefficient (Wildman–Crippen LogP) is 4.25. The van der Waals surface area contributed by atoms with Crippen LogP contribution in [-0.2, 0) is 0 Å². The monoisotopic (exact) mass is 278 g/mol. The maximum absolute atomic E-state index is 13.4. The van der Waals surface area contributed by atoms with Gasteiger partial charge in [0.1, 0.15) is 11.6 Å². The Balaban J connectivity index is 2.10. The summed E-state index contributed by atoms with van der Waals surface area (Å²) >= 11 is 1.33. The Morgan fingerprint density at radius 2 is 1.89 bits per heavy atom. The van der Waals surface area contributed by atoms with Crippen LogP contribution < -0.4 is 0 Å². The lowest BCUT2D eigenvalue weighted by Crippen LogP contribution is -2.06. The van der Waals surface area contributed by atoms with Gasteiger partial charge in [0.25, 0.3) is 0 Å². The normalized spacial score (nSPS) is 10.5. The van der Waals surface area contributed by atoms with E-state index in [0.717, 1.165) is 28.7 Å². The van der Waals surface area contributed by atoms with E-state index in [2.05, 4.69) is 0 Å². The zero-order chi connectivity index (χ0) is 13.8.